The molecule has 3 nitrogen and oxygen atoms in total. The van der Waals surface area contributed by atoms with E-state index in [1.807, 2.05) is 12.1 Å². The first-order valence-electron chi connectivity index (χ1n) is 6.64. The van der Waals surface area contributed by atoms with Gasteiger partial charge in [-0.05, 0) is 43.5 Å². The molecular weight excluding hydrogens is 260 g/mol. The highest BCUT2D eigenvalue weighted by atomic mass is 35.5. The molecule has 0 saturated carbocycles. The van der Waals surface area contributed by atoms with Gasteiger partial charge in [-0.3, -0.25) is 0 Å². The molecule has 0 radical (unpaired) electrons. The standard InChI is InChI=1S/C15H19ClN2O/c1-18(10-12-4-6-19-7-5-12)11-14-3-2-13(9-17)8-15(14)16/h2-3,8,12H,4-7,10-11H2,1H3. The van der Waals surface area contributed by atoms with Crippen LogP contribution < -0.4 is 0 Å². The molecule has 0 bridgehead atoms. The van der Waals surface area contributed by atoms with E-state index in [9.17, 15) is 0 Å². The van der Waals surface area contributed by atoms with Crippen LogP contribution in [0.3, 0.4) is 0 Å². The van der Waals surface area contributed by atoms with Crippen molar-refractivity contribution >= 4 is 11.6 Å². The van der Waals surface area contributed by atoms with Gasteiger partial charge in [0.05, 0.1) is 11.6 Å². The van der Waals surface area contributed by atoms with E-state index in [0.29, 0.717) is 10.6 Å². The Balaban J connectivity index is 1.91. The summed E-state index contributed by atoms with van der Waals surface area (Å²) in [5.74, 6) is 0.718. The average Bonchev–Trinajstić information content (AvgIpc) is 2.42. The van der Waals surface area contributed by atoms with Gasteiger partial charge in [-0.25, -0.2) is 0 Å². The maximum absolute atomic E-state index is 8.82. The molecule has 4 heteroatoms. The number of benzene rings is 1. The topological polar surface area (TPSA) is 36.3 Å². The summed E-state index contributed by atoms with van der Waals surface area (Å²) in [6.45, 7) is 3.66. The fraction of sp³-hybridized carbons (Fsp3) is 0.533. The normalized spacial score (nSPS) is 16.5. The van der Waals surface area contributed by atoms with Crippen molar-refractivity contribution in [2.45, 2.75) is 19.4 Å². The van der Waals surface area contributed by atoms with Crippen LogP contribution in [0, 0.1) is 17.2 Å². The zero-order valence-electron chi connectivity index (χ0n) is 11.2. The van der Waals surface area contributed by atoms with Gasteiger partial charge in [-0.1, -0.05) is 17.7 Å². The summed E-state index contributed by atoms with van der Waals surface area (Å²) in [4.78, 5) is 2.29. The molecule has 0 atom stereocenters. The Morgan fingerprint density at radius 3 is 2.79 bits per heavy atom. The Morgan fingerprint density at radius 1 is 1.42 bits per heavy atom. The highest BCUT2D eigenvalue weighted by Crippen LogP contribution is 2.21. The van der Waals surface area contributed by atoms with E-state index in [-0.39, 0.29) is 0 Å². The summed E-state index contributed by atoms with van der Waals surface area (Å²) in [5, 5.41) is 9.50. The molecule has 1 aliphatic heterocycles. The van der Waals surface area contributed by atoms with E-state index in [1.54, 1.807) is 6.07 Å². The van der Waals surface area contributed by atoms with Gasteiger partial charge in [-0.15, -0.1) is 0 Å². The second-order valence-electron chi connectivity index (χ2n) is 5.17. The Kier molecular flexibility index (Phi) is 5.21. The van der Waals surface area contributed by atoms with Crippen LogP contribution in [0.15, 0.2) is 18.2 Å². The molecule has 1 aromatic rings. The molecule has 0 aliphatic carbocycles. The molecule has 19 heavy (non-hydrogen) atoms. The molecule has 0 unspecified atom stereocenters. The van der Waals surface area contributed by atoms with Gasteiger partial charge in [0.15, 0.2) is 0 Å². The third-order valence-corrected chi connectivity index (χ3v) is 3.89. The summed E-state index contributed by atoms with van der Waals surface area (Å²) < 4.78 is 5.37. The van der Waals surface area contributed by atoms with Crippen LogP contribution in [-0.2, 0) is 11.3 Å². The minimum absolute atomic E-state index is 0.612. The third-order valence-electron chi connectivity index (χ3n) is 3.53. The zero-order chi connectivity index (χ0) is 13.7. The zero-order valence-corrected chi connectivity index (χ0v) is 12.0. The van der Waals surface area contributed by atoms with E-state index in [4.69, 9.17) is 21.6 Å². The van der Waals surface area contributed by atoms with Crippen LogP contribution in [0.25, 0.3) is 0 Å². The molecular formula is C15H19ClN2O. The van der Waals surface area contributed by atoms with Crippen LogP contribution in [0.4, 0.5) is 0 Å². The van der Waals surface area contributed by atoms with E-state index in [1.165, 1.54) is 0 Å². The number of nitriles is 1. The quantitative estimate of drug-likeness (QED) is 0.849. The van der Waals surface area contributed by atoms with Crippen molar-refractivity contribution < 1.29 is 4.74 Å². The van der Waals surface area contributed by atoms with Crippen molar-refractivity contribution in [1.82, 2.24) is 4.90 Å². The van der Waals surface area contributed by atoms with Crippen LogP contribution in [0.2, 0.25) is 5.02 Å². The second kappa shape index (κ2) is 6.91. The van der Waals surface area contributed by atoms with Crippen LogP contribution in [0.1, 0.15) is 24.0 Å². The highest BCUT2D eigenvalue weighted by molar-refractivity contribution is 6.31. The van der Waals surface area contributed by atoms with E-state index in [0.717, 1.165) is 50.6 Å². The van der Waals surface area contributed by atoms with Crippen molar-refractivity contribution in [3.63, 3.8) is 0 Å². The van der Waals surface area contributed by atoms with Crippen LogP contribution >= 0.6 is 11.6 Å². The molecule has 1 aliphatic rings. The molecule has 2 rings (SSSR count). The molecule has 1 heterocycles. The Hall–Kier alpha value is -1.08. The smallest absolute Gasteiger partial charge is 0.0992 e. The van der Waals surface area contributed by atoms with Gasteiger partial charge >= 0.3 is 0 Å². The number of hydrogen-bond acceptors (Lipinski definition) is 3. The fourth-order valence-corrected chi connectivity index (χ4v) is 2.71. The number of nitrogens with zero attached hydrogens (tertiary/aromatic N) is 2. The van der Waals surface area contributed by atoms with E-state index >= 15 is 0 Å². The van der Waals surface area contributed by atoms with E-state index < -0.39 is 0 Å². The minimum Gasteiger partial charge on any atom is -0.381 e. The second-order valence-corrected chi connectivity index (χ2v) is 5.58. The van der Waals surface area contributed by atoms with E-state index in [2.05, 4.69) is 18.0 Å². The molecule has 0 N–H and O–H groups in total. The SMILES string of the molecule is CN(Cc1ccc(C#N)cc1Cl)CC1CCOCC1. The number of hydrogen-bond donors (Lipinski definition) is 0. The lowest BCUT2D eigenvalue weighted by atomic mass is 9.99. The summed E-state index contributed by atoms with van der Waals surface area (Å²) in [6.07, 6.45) is 2.29. The number of halogens is 1. The maximum Gasteiger partial charge on any atom is 0.0992 e. The van der Waals surface area contributed by atoms with Crippen molar-refractivity contribution in [2.24, 2.45) is 5.92 Å². The number of rotatable bonds is 4. The van der Waals surface area contributed by atoms with Gasteiger partial charge in [0.1, 0.15) is 0 Å². The van der Waals surface area contributed by atoms with Gasteiger partial charge in [0.2, 0.25) is 0 Å². The first-order valence-corrected chi connectivity index (χ1v) is 7.01. The van der Waals surface area contributed by atoms with Crippen molar-refractivity contribution in [1.29, 1.82) is 5.26 Å². The lowest BCUT2D eigenvalue weighted by Crippen LogP contribution is -2.29. The van der Waals surface area contributed by atoms with Gasteiger partial charge in [0, 0.05) is 31.3 Å². The van der Waals surface area contributed by atoms with Gasteiger partial charge in [0.25, 0.3) is 0 Å². The number of ether oxygens (including phenoxy) is 1. The fourth-order valence-electron chi connectivity index (χ4n) is 2.47. The van der Waals surface area contributed by atoms with Gasteiger partial charge in [-0.2, -0.15) is 5.26 Å². The molecule has 0 amide bonds. The molecule has 1 aromatic carbocycles. The lowest BCUT2D eigenvalue weighted by Gasteiger charge is -2.27. The highest BCUT2D eigenvalue weighted by Gasteiger charge is 2.16. The molecule has 102 valence electrons. The van der Waals surface area contributed by atoms with Crippen molar-refractivity contribution in [3.05, 3.63) is 34.3 Å². The molecule has 1 saturated heterocycles. The Bertz CT molecular complexity index is 464. The van der Waals surface area contributed by atoms with Gasteiger partial charge < -0.3 is 9.64 Å². The van der Waals surface area contributed by atoms with Crippen molar-refractivity contribution in [3.8, 4) is 6.07 Å². The average molecular weight is 279 g/mol. The first kappa shape index (κ1) is 14.3. The largest absolute Gasteiger partial charge is 0.381 e. The summed E-state index contributed by atoms with van der Waals surface area (Å²) in [5.41, 5.74) is 1.69. The minimum atomic E-state index is 0.612. The summed E-state index contributed by atoms with van der Waals surface area (Å²) >= 11 is 6.20. The van der Waals surface area contributed by atoms with Crippen LogP contribution in [0.5, 0.6) is 0 Å². The first-order chi connectivity index (χ1) is 9.19. The van der Waals surface area contributed by atoms with Crippen molar-refractivity contribution in [2.75, 3.05) is 26.8 Å². The molecule has 1 fully saturated rings. The third kappa shape index (κ3) is 4.21. The van der Waals surface area contributed by atoms with Crippen LogP contribution in [-0.4, -0.2) is 31.7 Å². The summed E-state index contributed by atoms with van der Waals surface area (Å²) in [6, 6.07) is 7.61. The predicted octanol–water partition coefficient (Wildman–Crippen LogP) is 3.07. The molecule has 0 spiro atoms. The summed E-state index contributed by atoms with van der Waals surface area (Å²) in [7, 11) is 2.12. The Labute approximate surface area is 119 Å². The Morgan fingerprint density at radius 2 is 2.16 bits per heavy atom. The lowest BCUT2D eigenvalue weighted by molar-refractivity contribution is 0.0549. The molecule has 0 aromatic heterocycles. The predicted molar refractivity (Wildman–Crippen MR) is 76.0 cm³/mol. The monoisotopic (exact) mass is 278 g/mol. The maximum atomic E-state index is 8.82.